The van der Waals surface area contributed by atoms with Crippen LogP contribution >= 0.6 is 0 Å². The van der Waals surface area contributed by atoms with Gasteiger partial charge in [-0.25, -0.2) is 4.39 Å². The van der Waals surface area contributed by atoms with Crippen LogP contribution in [-0.4, -0.2) is 11.7 Å². The molecule has 0 spiro atoms. The average molecular weight is 237 g/mol. The van der Waals surface area contributed by atoms with Gasteiger partial charge in [0.25, 0.3) is 0 Å². The van der Waals surface area contributed by atoms with Gasteiger partial charge in [0.2, 0.25) is 0 Å². The summed E-state index contributed by atoms with van der Waals surface area (Å²) in [5, 5.41) is 17.8. The fraction of sp³-hybridized carbons (Fsp3) is 0.462. The second-order valence-corrected chi connectivity index (χ2v) is 3.82. The van der Waals surface area contributed by atoms with E-state index in [1.54, 1.807) is 6.92 Å². The van der Waals surface area contributed by atoms with Crippen LogP contribution in [0.1, 0.15) is 37.9 Å². The van der Waals surface area contributed by atoms with E-state index in [1.807, 2.05) is 0 Å². The Morgan fingerprint density at radius 3 is 2.88 bits per heavy atom. The minimum atomic E-state index is -0.764. The fourth-order valence-electron chi connectivity index (χ4n) is 1.47. The highest BCUT2D eigenvalue weighted by atomic mass is 19.1. The SMILES string of the molecule is C[C@H](O)c1cc(F)ccc1OCCCCC#N. The molecule has 0 bridgehead atoms. The Hall–Kier alpha value is -1.60. The van der Waals surface area contributed by atoms with Gasteiger partial charge in [-0.3, -0.25) is 0 Å². The first-order valence-corrected chi connectivity index (χ1v) is 5.62. The van der Waals surface area contributed by atoms with Crippen LogP contribution in [0.2, 0.25) is 0 Å². The summed E-state index contributed by atoms with van der Waals surface area (Å²) < 4.78 is 18.5. The number of hydrogen-bond donors (Lipinski definition) is 1. The lowest BCUT2D eigenvalue weighted by atomic mass is 10.1. The number of nitriles is 1. The number of nitrogens with zero attached hydrogens (tertiary/aromatic N) is 1. The molecule has 4 heteroatoms. The first-order valence-electron chi connectivity index (χ1n) is 5.62. The highest BCUT2D eigenvalue weighted by Crippen LogP contribution is 2.26. The molecule has 1 aromatic carbocycles. The summed E-state index contributed by atoms with van der Waals surface area (Å²) in [5.41, 5.74) is 0.449. The third-order valence-electron chi connectivity index (χ3n) is 2.36. The molecular formula is C13H16FNO2. The molecule has 0 saturated heterocycles. The van der Waals surface area contributed by atoms with Gasteiger partial charge < -0.3 is 9.84 Å². The zero-order valence-corrected chi connectivity index (χ0v) is 9.82. The maximum absolute atomic E-state index is 13.0. The van der Waals surface area contributed by atoms with Crippen molar-refractivity contribution in [3.8, 4) is 11.8 Å². The summed E-state index contributed by atoms with van der Waals surface area (Å²) in [7, 11) is 0. The van der Waals surface area contributed by atoms with Crippen molar-refractivity contribution in [3.05, 3.63) is 29.6 Å². The van der Waals surface area contributed by atoms with Gasteiger partial charge >= 0.3 is 0 Å². The fourth-order valence-corrected chi connectivity index (χ4v) is 1.47. The molecular weight excluding hydrogens is 221 g/mol. The number of halogens is 1. The third-order valence-corrected chi connectivity index (χ3v) is 2.36. The van der Waals surface area contributed by atoms with Crippen LogP contribution < -0.4 is 4.74 Å². The van der Waals surface area contributed by atoms with Crippen LogP contribution in [0.3, 0.4) is 0 Å². The Labute approximate surface area is 100 Å². The van der Waals surface area contributed by atoms with Gasteiger partial charge in [-0.15, -0.1) is 0 Å². The van der Waals surface area contributed by atoms with Crippen molar-refractivity contribution in [1.82, 2.24) is 0 Å². The van der Waals surface area contributed by atoms with Crippen LogP contribution in [0.5, 0.6) is 5.75 Å². The second-order valence-electron chi connectivity index (χ2n) is 3.82. The van der Waals surface area contributed by atoms with Crippen LogP contribution in [0, 0.1) is 17.1 Å². The van der Waals surface area contributed by atoms with E-state index in [2.05, 4.69) is 6.07 Å². The van der Waals surface area contributed by atoms with E-state index >= 15 is 0 Å². The third kappa shape index (κ3) is 4.41. The Kier molecular flexibility index (Phi) is 5.44. The molecule has 92 valence electrons. The zero-order chi connectivity index (χ0) is 12.7. The van der Waals surface area contributed by atoms with Crippen molar-refractivity contribution in [2.75, 3.05) is 6.61 Å². The van der Waals surface area contributed by atoms with Gasteiger partial charge in [0.05, 0.1) is 18.8 Å². The number of aliphatic hydroxyl groups excluding tert-OH is 1. The van der Waals surface area contributed by atoms with Crippen molar-refractivity contribution >= 4 is 0 Å². The lowest BCUT2D eigenvalue weighted by Gasteiger charge is -2.13. The Morgan fingerprint density at radius 1 is 1.47 bits per heavy atom. The monoisotopic (exact) mass is 237 g/mol. The molecule has 1 atom stereocenters. The average Bonchev–Trinajstić information content (AvgIpc) is 2.30. The second kappa shape index (κ2) is 6.87. The number of rotatable bonds is 6. The normalized spacial score (nSPS) is 11.9. The largest absolute Gasteiger partial charge is 0.493 e. The maximum Gasteiger partial charge on any atom is 0.125 e. The number of aliphatic hydroxyl groups is 1. The molecule has 0 heterocycles. The summed E-state index contributed by atoms with van der Waals surface area (Å²) in [6, 6.07) is 6.15. The molecule has 0 amide bonds. The van der Waals surface area contributed by atoms with Crippen molar-refractivity contribution in [1.29, 1.82) is 5.26 Å². The molecule has 0 aliphatic heterocycles. The summed E-state index contributed by atoms with van der Waals surface area (Å²) in [5.74, 6) is 0.107. The molecule has 0 aliphatic rings. The molecule has 1 rings (SSSR count). The van der Waals surface area contributed by atoms with Gasteiger partial charge in [0.15, 0.2) is 0 Å². The van der Waals surface area contributed by atoms with Crippen molar-refractivity contribution in [2.24, 2.45) is 0 Å². The van der Waals surface area contributed by atoms with Crippen LogP contribution in [0.15, 0.2) is 18.2 Å². The molecule has 1 aromatic rings. The molecule has 0 unspecified atom stereocenters. The Balaban J connectivity index is 2.55. The van der Waals surface area contributed by atoms with Gasteiger partial charge in [-0.2, -0.15) is 5.26 Å². The minimum Gasteiger partial charge on any atom is -0.493 e. The lowest BCUT2D eigenvalue weighted by Crippen LogP contribution is -2.02. The van der Waals surface area contributed by atoms with E-state index < -0.39 is 11.9 Å². The summed E-state index contributed by atoms with van der Waals surface area (Å²) in [4.78, 5) is 0. The molecule has 0 fully saturated rings. The topological polar surface area (TPSA) is 53.2 Å². The predicted octanol–water partition coefficient (Wildman–Crippen LogP) is 2.95. The van der Waals surface area contributed by atoms with E-state index in [-0.39, 0.29) is 0 Å². The summed E-state index contributed by atoms with van der Waals surface area (Å²) >= 11 is 0. The quantitative estimate of drug-likeness (QED) is 0.774. The first-order chi connectivity index (χ1) is 8.15. The minimum absolute atomic E-state index is 0.391. The molecule has 1 N–H and O–H groups in total. The van der Waals surface area contributed by atoms with Gasteiger partial charge in [0, 0.05) is 12.0 Å². The zero-order valence-electron chi connectivity index (χ0n) is 9.82. The number of ether oxygens (including phenoxy) is 1. The van der Waals surface area contributed by atoms with Gasteiger partial charge in [-0.1, -0.05) is 0 Å². The van der Waals surface area contributed by atoms with Crippen molar-refractivity contribution in [3.63, 3.8) is 0 Å². The van der Waals surface area contributed by atoms with Crippen molar-refractivity contribution in [2.45, 2.75) is 32.3 Å². The van der Waals surface area contributed by atoms with Crippen LogP contribution in [-0.2, 0) is 0 Å². The summed E-state index contributed by atoms with van der Waals surface area (Å²) in [6.45, 7) is 2.03. The smallest absolute Gasteiger partial charge is 0.125 e. The molecule has 17 heavy (non-hydrogen) atoms. The van der Waals surface area contributed by atoms with E-state index in [0.29, 0.717) is 24.3 Å². The standard InChI is InChI=1S/C13H16FNO2/c1-10(16)12-9-11(14)5-6-13(12)17-8-4-2-3-7-15/h5-6,9-10,16H,2-4,8H2,1H3/t10-/m0/s1. The number of unbranched alkanes of at least 4 members (excludes halogenated alkanes) is 2. The van der Waals surface area contributed by atoms with Crippen LogP contribution in [0.25, 0.3) is 0 Å². The van der Waals surface area contributed by atoms with E-state index in [0.717, 1.165) is 12.8 Å². The Morgan fingerprint density at radius 2 is 2.24 bits per heavy atom. The maximum atomic E-state index is 13.0. The van der Waals surface area contributed by atoms with E-state index in [1.165, 1.54) is 18.2 Å². The van der Waals surface area contributed by atoms with E-state index in [9.17, 15) is 9.50 Å². The highest BCUT2D eigenvalue weighted by Gasteiger charge is 2.10. The molecule has 3 nitrogen and oxygen atoms in total. The number of benzene rings is 1. The lowest BCUT2D eigenvalue weighted by molar-refractivity contribution is 0.190. The van der Waals surface area contributed by atoms with Gasteiger partial charge in [0.1, 0.15) is 11.6 Å². The first kappa shape index (κ1) is 13.5. The predicted molar refractivity (Wildman–Crippen MR) is 62.0 cm³/mol. The van der Waals surface area contributed by atoms with Crippen LogP contribution in [0.4, 0.5) is 4.39 Å². The Bertz CT molecular complexity index is 399. The highest BCUT2D eigenvalue weighted by molar-refractivity contribution is 5.35. The van der Waals surface area contributed by atoms with Crippen molar-refractivity contribution < 1.29 is 14.2 Å². The molecule has 0 aliphatic carbocycles. The molecule has 0 radical (unpaired) electrons. The van der Waals surface area contributed by atoms with Gasteiger partial charge in [-0.05, 0) is 38.0 Å². The van der Waals surface area contributed by atoms with E-state index in [4.69, 9.17) is 10.00 Å². The molecule has 0 aromatic heterocycles. The summed E-state index contributed by atoms with van der Waals surface area (Å²) in [6.07, 6.45) is 1.29. The number of hydrogen-bond acceptors (Lipinski definition) is 3. The molecule has 0 saturated carbocycles.